The third-order valence-electron chi connectivity index (χ3n) is 3.79. The Balaban J connectivity index is 1.72. The van der Waals surface area contributed by atoms with Crippen molar-refractivity contribution in [3.8, 4) is 0 Å². The standard InChI is InChI=1S/C17H22N4/c1-13-4-3-5-16(20-13)12-21(2)17-8-9-18-10-14(17)11-19-15-6-7-15/h3-5,8-10,15,19H,6-7,11-12H2,1-2H3. The van der Waals surface area contributed by atoms with Gasteiger partial charge in [0, 0.05) is 49.0 Å². The molecule has 2 aromatic rings. The van der Waals surface area contributed by atoms with E-state index in [0.717, 1.165) is 24.5 Å². The summed E-state index contributed by atoms with van der Waals surface area (Å²) in [6.45, 7) is 3.72. The molecule has 21 heavy (non-hydrogen) atoms. The summed E-state index contributed by atoms with van der Waals surface area (Å²) in [6, 6.07) is 8.96. The van der Waals surface area contributed by atoms with Crippen LogP contribution in [0.25, 0.3) is 0 Å². The molecule has 0 aliphatic heterocycles. The predicted octanol–water partition coefficient (Wildman–Crippen LogP) is 2.67. The normalized spacial score (nSPS) is 14.2. The van der Waals surface area contributed by atoms with Gasteiger partial charge in [0.2, 0.25) is 0 Å². The van der Waals surface area contributed by atoms with Gasteiger partial charge in [0.05, 0.1) is 12.2 Å². The minimum atomic E-state index is 0.710. The second-order valence-electron chi connectivity index (χ2n) is 5.79. The Morgan fingerprint density at radius 2 is 2.14 bits per heavy atom. The summed E-state index contributed by atoms with van der Waals surface area (Å²) in [4.78, 5) is 11.1. The number of aromatic nitrogens is 2. The van der Waals surface area contributed by atoms with Crippen LogP contribution in [-0.4, -0.2) is 23.1 Å². The molecule has 0 radical (unpaired) electrons. The summed E-state index contributed by atoms with van der Waals surface area (Å²) in [5.41, 5.74) is 4.63. The van der Waals surface area contributed by atoms with E-state index in [1.165, 1.54) is 24.1 Å². The Morgan fingerprint density at radius 1 is 1.29 bits per heavy atom. The third kappa shape index (κ3) is 3.79. The van der Waals surface area contributed by atoms with Crippen LogP contribution in [0.15, 0.2) is 36.7 Å². The van der Waals surface area contributed by atoms with Gasteiger partial charge in [0.15, 0.2) is 0 Å². The van der Waals surface area contributed by atoms with Crippen molar-refractivity contribution >= 4 is 5.69 Å². The molecule has 1 aliphatic rings. The first-order valence-electron chi connectivity index (χ1n) is 7.52. The molecule has 1 saturated carbocycles. The van der Waals surface area contributed by atoms with Gasteiger partial charge in [0.25, 0.3) is 0 Å². The lowest BCUT2D eigenvalue weighted by Crippen LogP contribution is -2.22. The van der Waals surface area contributed by atoms with E-state index in [4.69, 9.17) is 0 Å². The maximum atomic E-state index is 4.58. The lowest BCUT2D eigenvalue weighted by molar-refractivity contribution is 0.683. The SMILES string of the molecule is Cc1cccc(CN(C)c2ccncc2CNC2CC2)n1. The summed E-state index contributed by atoms with van der Waals surface area (Å²) in [7, 11) is 2.11. The summed E-state index contributed by atoms with van der Waals surface area (Å²) < 4.78 is 0. The number of nitrogens with zero attached hydrogens (tertiary/aromatic N) is 3. The summed E-state index contributed by atoms with van der Waals surface area (Å²) >= 11 is 0. The van der Waals surface area contributed by atoms with Gasteiger partial charge in [0.1, 0.15) is 0 Å². The largest absolute Gasteiger partial charge is 0.368 e. The van der Waals surface area contributed by atoms with Crippen LogP contribution in [0.4, 0.5) is 5.69 Å². The quantitative estimate of drug-likeness (QED) is 0.884. The zero-order valence-electron chi connectivity index (χ0n) is 12.7. The molecule has 110 valence electrons. The lowest BCUT2D eigenvalue weighted by atomic mass is 10.2. The van der Waals surface area contributed by atoms with Crippen LogP contribution in [0.2, 0.25) is 0 Å². The fourth-order valence-electron chi connectivity index (χ4n) is 2.49. The van der Waals surface area contributed by atoms with E-state index in [9.17, 15) is 0 Å². The van der Waals surface area contributed by atoms with Crippen molar-refractivity contribution in [2.24, 2.45) is 0 Å². The van der Waals surface area contributed by atoms with Crippen LogP contribution in [0.3, 0.4) is 0 Å². The number of anilines is 1. The highest BCUT2D eigenvalue weighted by molar-refractivity contribution is 5.51. The summed E-state index contributed by atoms with van der Waals surface area (Å²) in [5, 5.41) is 3.56. The Bertz CT molecular complexity index is 607. The summed E-state index contributed by atoms with van der Waals surface area (Å²) in [6.07, 6.45) is 6.43. The minimum Gasteiger partial charge on any atom is -0.368 e. The van der Waals surface area contributed by atoms with Gasteiger partial charge in [-0.05, 0) is 38.0 Å². The van der Waals surface area contributed by atoms with Crippen molar-refractivity contribution in [3.63, 3.8) is 0 Å². The second kappa shape index (κ2) is 6.22. The van der Waals surface area contributed by atoms with Crippen molar-refractivity contribution in [1.82, 2.24) is 15.3 Å². The molecule has 0 saturated heterocycles. The molecule has 0 spiro atoms. The number of rotatable bonds is 6. The molecule has 0 bridgehead atoms. The molecule has 3 rings (SSSR count). The smallest absolute Gasteiger partial charge is 0.0600 e. The van der Waals surface area contributed by atoms with Crippen molar-refractivity contribution in [3.05, 3.63) is 53.6 Å². The fraction of sp³-hybridized carbons (Fsp3) is 0.412. The monoisotopic (exact) mass is 282 g/mol. The van der Waals surface area contributed by atoms with Gasteiger partial charge < -0.3 is 10.2 Å². The van der Waals surface area contributed by atoms with Crippen LogP contribution in [0.5, 0.6) is 0 Å². The zero-order chi connectivity index (χ0) is 14.7. The Labute approximate surface area is 126 Å². The molecule has 0 amide bonds. The predicted molar refractivity (Wildman–Crippen MR) is 85.2 cm³/mol. The number of pyridine rings is 2. The molecule has 0 aromatic carbocycles. The molecular formula is C17H22N4. The molecule has 0 atom stereocenters. The Kier molecular flexibility index (Phi) is 4.15. The number of nitrogens with one attached hydrogen (secondary N) is 1. The van der Waals surface area contributed by atoms with Gasteiger partial charge in [-0.25, -0.2) is 0 Å². The Morgan fingerprint density at radius 3 is 2.90 bits per heavy atom. The first kappa shape index (κ1) is 14.0. The number of hydrogen-bond donors (Lipinski definition) is 1. The maximum absolute atomic E-state index is 4.58. The molecule has 1 N–H and O–H groups in total. The maximum Gasteiger partial charge on any atom is 0.0600 e. The molecule has 2 heterocycles. The molecular weight excluding hydrogens is 260 g/mol. The van der Waals surface area contributed by atoms with Gasteiger partial charge in [-0.1, -0.05) is 6.07 Å². The molecule has 2 aromatic heterocycles. The van der Waals surface area contributed by atoms with Crippen LogP contribution in [0, 0.1) is 6.92 Å². The van der Waals surface area contributed by atoms with Crippen molar-refractivity contribution < 1.29 is 0 Å². The first-order chi connectivity index (χ1) is 10.2. The number of aryl methyl sites for hydroxylation is 1. The highest BCUT2D eigenvalue weighted by Gasteiger charge is 2.20. The highest BCUT2D eigenvalue weighted by Crippen LogP contribution is 2.23. The van der Waals surface area contributed by atoms with Gasteiger partial charge >= 0.3 is 0 Å². The van der Waals surface area contributed by atoms with Gasteiger partial charge in [-0.2, -0.15) is 0 Å². The van der Waals surface area contributed by atoms with E-state index in [1.807, 2.05) is 25.4 Å². The zero-order valence-corrected chi connectivity index (χ0v) is 12.7. The second-order valence-corrected chi connectivity index (χ2v) is 5.79. The fourth-order valence-corrected chi connectivity index (χ4v) is 2.49. The molecule has 1 aliphatic carbocycles. The van der Waals surface area contributed by atoms with E-state index in [-0.39, 0.29) is 0 Å². The van der Waals surface area contributed by atoms with E-state index >= 15 is 0 Å². The lowest BCUT2D eigenvalue weighted by Gasteiger charge is -2.22. The average Bonchev–Trinajstić information content (AvgIpc) is 3.29. The van der Waals surface area contributed by atoms with Crippen LogP contribution in [-0.2, 0) is 13.1 Å². The first-order valence-corrected chi connectivity index (χ1v) is 7.52. The van der Waals surface area contributed by atoms with Crippen molar-refractivity contribution in [1.29, 1.82) is 0 Å². The van der Waals surface area contributed by atoms with Crippen LogP contribution in [0.1, 0.15) is 29.8 Å². The topological polar surface area (TPSA) is 41.1 Å². The third-order valence-corrected chi connectivity index (χ3v) is 3.79. The molecule has 4 nitrogen and oxygen atoms in total. The van der Waals surface area contributed by atoms with E-state index < -0.39 is 0 Å². The molecule has 4 heteroatoms. The van der Waals surface area contributed by atoms with Crippen molar-refractivity contribution in [2.45, 2.75) is 38.9 Å². The van der Waals surface area contributed by atoms with Gasteiger partial charge in [-0.3, -0.25) is 9.97 Å². The molecule has 0 unspecified atom stereocenters. The Hall–Kier alpha value is -1.94. The van der Waals surface area contributed by atoms with Crippen molar-refractivity contribution in [2.75, 3.05) is 11.9 Å². The molecule has 1 fully saturated rings. The minimum absolute atomic E-state index is 0.710. The van der Waals surface area contributed by atoms with E-state index in [1.54, 1.807) is 0 Å². The van der Waals surface area contributed by atoms with E-state index in [0.29, 0.717) is 6.04 Å². The van der Waals surface area contributed by atoms with Gasteiger partial charge in [-0.15, -0.1) is 0 Å². The summed E-state index contributed by atoms with van der Waals surface area (Å²) in [5.74, 6) is 0. The average molecular weight is 282 g/mol. The number of hydrogen-bond acceptors (Lipinski definition) is 4. The van der Waals surface area contributed by atoms with E-state index in [2.05, 4.69) is 45.4 Å². The van der Waals surface area contributed by atoms with Crippen LogP contribution < -0.4 is 10.2 Å². The van der Waals surface area contributed by atoms with Crippen LogP contribution >= 0.6 is 0 Å². The highest BCUT2D eigenvalue weighted by atomic mass is 15.1.